The smallest absolute Gasteiger partial charge is 0.115 e. The molecule has 0 saturated heterocycles. The fourth-order valence-corrected chi connectivity index (χ4v) is 3.31. The van der Waals surface area contributed by atoms with Gasteiger partial charge in [0.15, 0.2) is 0 Å². The summed E-state index contributed by atoms with van der Waals surface area (Å²) in [6.45, 7) is 25.4. The third kappa shape index (κ3) is 13.7. The Morgan fingerprint density at radius 1 is 0.448 bits per heavy atom. The van der Waals surface area contributed by atoms with Crippen LogP contribution in [0.1, 0.15) is 89.5 Å². The molecule has 0 aliphatic rings. The lowest BCUT2D eigenvalue weighted by molar-refractivity contribution is -0.220. The van der Waals surface area contributed by atoms with E-state index < -0.39 is 0 Å². The Kier molecular flexibility index (Phi) is 14.6. The maximum absolute atomic E-state index is 6.46. The summed E-state index contributed by atoms with van der Waals surface area (Å²) in [6.07, 6.45) is 0.401. The number of ether oxygens (including phenoxy) is 5. The van der Waals surface area contributed by atoms with Gasteiger partial charge < -0.3 is 23.7 Å². The van der Waals surface area contributed by atoms with E-state index in [1.165, 1.54) is 0 Å². The molecule has 0 radical (unpaired) electrons. The molecule has 0 aliphatic heterocycles. The largest absolute Gasteiger partial charge is 0.376 e. The molecule has 176 valence electrons. The molecule has 5 nitrogen and oxygen atoms in total. The van der Waals surface area contributed by atoms with Gasteiger partial charge in [0, 0.05) is 0 Å². The highest BCUT2D eigenvalue weighted by atomic mass is 16.6. The molecular formula is C24H50O5. The van der Waals surface area contributed by atoms with Gasteiger partial charge >= 0.3 is 0 Å². The molecular weight excluding hydrogens is 368 g/mol. The van der Waals surface area contributed by atoms with E-state index in [-0.39, 0.29) is 54.9 Å². The zero-order valence-corrected chi connectivity index (χ0v) is 21.2. The lowest BCUT2D eigenvalue weighted by Gasteiger charge is -2.41. The average Bonchev–Trinajstić information content (AvgIpc) is 2.52. The number of hydrogen-bond donors (Lipinski definition) is 0. The Labute approximate surface area is 181 Å². The summed E-state index contributed by atoms with van der Waals surface area (Å²) in [5.74, 6) is 0.480. The molecule has 4 unspecified atom stereocenters. The van der Waals surface area contributed by atoms with Crippen LogP contribution < -0.4 is 0 Å². The van der Waals surface area contributed by atoms with Crippen molar-refractivity contribution in [3.8, 4) is 0 Å². The molecule has 0 saturated carbocycles. The predicted molar refractivity (Wildman–Crippen MR) is 121 cm³/mol. The topological polar surface area (TPSA) is 46.2 Å². The monoisotopic (exact) mass is 418 g/mol. The fraction of sp³-hybridized carbons (Fsp3) is 1.00. The van der Waals surface area contributed by atoms with Crippen LogP contribution in [-0.2, 0) is 23.7 Å². The molecule has 0 aromatic rings. The second-order valence-corrected chi connectivity index (χ2v) is 9.76. The average molecular weight is 419 g/mol. The maximum atomic E-state index is 6.46. The second kappa shape index (κ2) is 14.7. The van der Waals surface area contributed by atoms with E-state index in [2.05, 4.69) is 55.4 Å². The van der Waals surface area contributed by atoms with Crippen LogP contribution in [0.2, 0.25) is 0 Å². The van der Waals surface area contributed by atoms with Crippen molar-refractivity contribution >= 4 is 0 Å². The van der Waals surface area contributed by atoms with E-state index >= 15 is 0 Å². The highest BCUT2D eigenvalue weighted by Gasteiger charge is 2.40. The molecule has 0 heterocycles. The van der Waals surface area contributed by atoms with Crippen LogP contribution in [0.5, 0.6) is 0 Å². The van der Waals surface area contributed by atoms with Gasteiger partial charge in [0.25, 0.3) is 0 Å². The number of rotatable bonds is 16. The fourth-order valence-electron chi connectivity index (χ4n) is 3.31. The van der Waals surface area contributed by atoms with Crippen LogP contribution in [0.25, 0.3) is 0 Å². The van der Waals surface area contributed by atoms with Crippen LogP contribution in [0.4, 0.5) is 0 Å². The molecule has 0 N–H and O–H groups in total. The minimum absolute atomic E-state index is 0.0364. The second-order valence-electron chi connectivity index (χ2n) is 9.76. The Hall–Kier alpha value is -0.200. The summed E-state index contributed by atoms with van der Waals surface area (Å²) in [5.41, 5.74) is 0. The minimum Gasteiger partial charge on any atom is -0.376 e. The van der Waals surface area contributed by atoms with E-state index in [9.17, 15) is 0 Å². The van der Waals surface area contributed by atoms with E-state index in [4.69, 9.17) is 23.7 Å². The molecule has 0 bridgehead atoms. The number of hydrogen-bond acceptors (Lipinski definition) is 5. The molecule has 0 rings (SSSR count). The van der Waals surface area contributed by atoms with E-state index in [1.807, 2.05) is 27.7 Å². The van der Waals surface area contributed by atoms with Crippen LogP contribution in [-0.4, -0.2) is 61.5 Å². The van der Waals surface area contributed by atoms with Crippen molar-refractivity contribution < 1.29 is 23.7 Å². The van der Waals surface area contributed by atoms with Crippen LogP contribution in [0, 0.1) is 5.92 Å². The maximum Gasteiger partial charge on any atom is 0.115 e. The van der Waals surface area contributed by atoms with Gasteiger partial charge in [0.1, 0.15) is 18.3 Å². The van der Waals surface area contributed by atoms with Crippen LogP contribution >= 0.6 is 0 Å². The van der Waals surface area contributed by atoms with Gasteiger partial charge in [0.2, 0.25) is 0 Å². The normalized spacial score (nSPS) is 17.2. The summed E-state index contributed by atoms with van der Waals surface area (Å²) in [5, 5.41) is 0. The van der Waals surface area contributed by atoms with E-state index in [0.717, 1.165) is 6.42 Å². The molecule has 0 spiro atoms. The van der Waals surface area contributed by atoms with Crippen molar-refractivity contribution in [1.82, 2.24) is 0 Å². The SMILES string of the molecule is CC(C)CC(OC(C)C)C(OC(C)C)C(OC(C)C)C(COC(C)C)OC(C)C. The van der Waals surface area contributed by atoms with E-state index in [1.54, 1.807) is 0 Å². The van der Waals surface area contributed by atoms with Gasteiger partial charge in [-0.2, -0.15) is 0 Å². The van der Waals surface area contributed by atoms with E-state index in [0.29, 0.717) is 12.5 Å². The summed E-state index contributed by atoms with van der Waals surface area (Å²) in [7, 11) is 0. The van der Waals surface area contributed by atoms with Crippen molar-refractivity contribution in [3.05, 3.63) is 0 Å². The van der Waals surface area contributed by atoms with Crippen molar-refractivity contribution in [2.24, 2.45) is 5.92 Å². The molecule has 0 aromatic heterocycles. The zero-order valence-electron chi connectivity index (χ0n) is 21.2. The Morgan fingerprint density at radius 3 is 1.17 bits per heavy atom. The summed E-state index contributed by atoms with van der Waals surface area (Å²) >= 11 is 0. The first kappa shape index (κ1) is 28.8. The van der Waals surface area contributed by atoms with Gasteiger partial charge in [-0.05, 0) is 81.6 Å². The molecule has 0 fully saturated rings. The third-order valence-electron chi connectivity index (χ3n) is 4.11. The van der Waals surface area contributed by atoms with Gasteiger partial charge in [0.05, 0.1) is 43.2 Å². The lowest BCUT2D eigenvalue weighted by atomic mass is 9.94. The Bertz CT molecular complexity index is 383. The molecule has 4 atom stereocenters. The van der Waals surface area contributed by atoms with Gasteiger partial charge in [-0.3, -0.25) is 0 Å². The summed E-state index contributed by atoms with van der Waals surface area (Å²) in [6, 6.07) is 0. The third-order valence-corrected chi connectivity index (χ3v) is 4.11. The molecule has 0 aromatic carbocycles. The van der Waals surface area contributed by atoms with Crippen molar-refractivity contribution in [3.63, 3.8) is 0 Å². The quantitative estimate of drug-likeness (QED) is 0.325. The predicted octanol–water partition coefficient (Wildman–Crippen LogP) is 5.63. The van der Waals surface area contributed by atoms with Gasteiger partial charge in [-0.15, -0.1) is 0 Å². The first-order valence-electron chi connectivity index (χ1n) is 11.6. The zero-order chi connectivity index (χ0) is 22.7. The Balaban J connectivity index is 6.01. The van der Waals surface area contributed by atoms with Crippen LogP contribution in [0.15, 0.2) is 0 Å². The van der Waals surface area contributed by atoms with Crippen molar-refractivity contribution in [2.45, 2.75) is 144 Å². The first-order chi connectivity index (χ1) is 13.3. The summed E-state index contributed by atoms with van der Waals surface area (Å²) in [4.78, 5) is 0. The Morgan fingerprint density at radius 2 is 0.828 bits per heavy atom. The first-order valence-corrected chi connectivity index (χ1v) is 11.6. The molecule has 0 amide bonds. The molecule has 5 heteroatoms. The lowest BCUT2D eigenvalue weighted by Crippen LogP contribution is -2.54. The highest BCUT2D eigenvalue weighted by Crippen LogP contribution is 2.26. The standard InChI is InChI=1S/C24H50O5/c1-15(2)13-21(26-17(5)6)23(28-19(9)10)24(29-20(11)12)22(27-18(7)8)14-25-16(3)4/h15-24H,13-14H2,1-12H3. The highest BCUT2D eigenvalue weighted by molar-refractivity contribution is 4.88. The molecule has 0 aliphatic carbocycles. The van der Waals surface area contributed by atoms with Crippen molar-refractivity contribution in [2.75, 3.05) is 6.61 Å². The molecule has 29 heavy (non-hydrogen) atoms. The minimum atomic E-state index is -0.291. The summed E-state index contributed by atoms with van der Waals surface area (Å²) < 4.78 is 31.5. The van der Waals surface area contributed by atoms with Crippen molar-refractivity contribution in [1.29, 1.82) is 0 Å². The van der Waals surface area contributed by atoms with Gasteiger partial charge in [-0.25, -0.2) is 0 Å². The van der Waals surface area contributed by atoms with Crippen LogP contribution in [0.3, 0.4) is 0 Å². The van der Waals surface area contributed by atoms with Gasteiger partial charge in [-0.1, -0.05) is 13.8 Å².